The quantitative estimate of drug-likeness (QED) is 0.867. The van der Waals surface area contributed by atoms with Crippen LogP contribution in [0.3, 0.4) is 0 Å². The van der Waals surface area contributed by atoms with Gasteiger partial charge in [0, 0.05) is 11.8 Å². The highest BCUT2D eigenvalue weighted by atomic mass is 19.2. The second-order valence-corrected chi connectivity index (χ2v) is 4.54. The van der Waals surface area contributed by atoms with E-state index in [1.165, 1.54) is 12.1 Å². The number of hydrogen-bond donors (Lipinski definition) is 1. The van der Waals surface area contributed by atoms with Crippen molar-refractivity contribution in [1.82, 2.24) is 0 Å². The molecule has 22 heavy (non-hydrogen) atoms. The Morgan fingerprint density at radius 1 is 0.955 bits per heavy atom. The van der Waals surface area contributed by atoms with Crippen molar-refractivity contribution in [1.29, 1.82) is 0 Å². The van der Waals surface area contributed by atoms with Gasteiger partial charge in [-0.3, -0.25) is 4.79 Å². The van der Waals surface area contributed by atoms with Crippen LogP contribution >= 0.6 is 0 Å². The molecular weight excluding hydrogens is 299 g/mol. The van der Waals surface area contributed by atoms with Gasteiger partial charge >= 0.3 is 0 Å². The van der Waals surface area contributed by atoms with Gasteiger partial charge in [-0.05, 0) is 24.3 Å². The zero-order chi connectivity index (χ0) is 15.7. The van der Waals surface area contributed by atoms with E-state index in [2.05, 4.69) is 5.32 Å². The van der Waals surface area contributed by atoms with E-state index in [0.29, 0.717) is 36.5 Å². The van der Waals surface area contributed by atoms with Crippen LogP contribution in [0.5, 0.6) is 11.5 Å². The van der Waals surface area contributed by atoms with Crippen LogP contribution in [0.25, 0.3) is 0 Å². The van der Waals surface area contributed by atoms with E-state index in [-0.39, 0.29) is 0 Å². The molecule has 3 rings (SSSR count). The van der Waals surface area contributed by atoms with E-state index >= 15 is 0 Å². The van der Waals surface area contributed by atoms with Crippen molar-refractivity contribution in [2.24, 2.45) is 0 Å². The summed E-state index contributed by atoms with van der Waals surface area (Å²) in [6.45, 7) is 0.807. The van der Waals surface area contributed by atoms with E-state index in [4.69, 9.17) is 9.47 Å². The zero-order valence-electron chi connectivity index (χ0n) is 11.2. The Morgan fingerprint density at radius 3 is 2.45 bits per heavy atom. The molecule has 1 aliphatic heterocycles. The highest BCUT2D eigenvalue weighted by Crippen LogP contribution is 2.32. The number of fused-ring (bicyclic) bond motifs is 1. The molecule has 1 aliphatic rings. The fourth-order valence-corrected chi connectivity index (χ4v) is 2.02. The highest BCUT2D eigenvalue weighted by Gasteiger charge is 2.19. The zero-order valence-corrected chi connectivity index (χ0v) is 11.2. The van der Waals surface area contributed by atoms with Gasteiger partial charge in [-0.15, -0.1) is 0 Å². The lowest BCUT2D eigenvalue weighted by Gasteiger charge is -2.19. The number of benzene rings is 2. The van der Waals surface area contributed by atoms with Crippen molar-refractivity contribution in [2.75, 3.05) is 18.5 Å². The standard InChI is InChI=1S/C15H10F3NO3/c16-10-3-2-9(13(17)14(10)18)15(20)19-8-1-4-11-12(7-8)22-6-5-21-11/h1-4,7H,5-6H2,(H,19,20). The summed E-state index contributed by atoms with van der Waals surface area (Å²) in [5.74, 6) is -4.50. The number of nitrogens with one attached hydrogen (secondary N) is 1. The molecule has 114 valence electrons. The molecule has 0 fully saturated rings. The normalized spacial score (nSPS) is 12.9. The molecule has 0 atom stereocenters. The van der Waals surface area contributed by atoms with E-state index in [1.807, 2.05) is 0 Å². The first-order valence-electron chi connectivity index (χ1n) is 6.41. The fraction of sp³-hybridized carbons (Fsp3) is 0.133. The first-order chi connectivity index (χ1) is 10.6. The molecule has 0 aliphatic carbocycles. The molecule has 0 spiro atoms. The lowest BCUT2D eigenvalue weighted by molar-refractivity contribution is 0.102. The number of carbonyl (C=O) groups is 1. The number of rotatable bonds is 2. The lowest BCUT2D eigenvalue weighted by atomic mass is 10.1. The van der Waals surface area contributed by atoms with Gasteiger partial charge in [-0.2, -0.15) is 0 Å². The van der Waals surface area contributed by atoms with Crippen LogP contribution in [0.1, 0.15) is 10.4 Å². The van der Waals surface area contributed by atoms with Crippen LogP contribution in [-0.4, -0.2) is 19.1 Å². The van der Waals surface area contributed by atoms with Gasteiger partial charge in [0.25, 0.3) is 5.91 Å². The summed E-state index contributed by atoms with van der Waals surface area (Å²) in [7, 11) is 0. The third-order valence-corrected chi connectivity index (χ3v) is 3.08. The van der Waals surface area contributed by atoms with Gasteiger partial charge in [0.1, 0.15) is 13.2 Å². The van der Waals surface area contributed by atoms with E-state index in [0.717, 1.165) is 6.07 Å². The lowest BCUT2D eigenvalue weighted by Crippen LogP contribution is -2.17. The third kappa shape index (κ3) is 2.57. The van der Waals surface area contributed by atoms with Gasteiger partial charge in [0.15, 0.2) is 29.0 Å². The Hall–Kier alpha value is -2.70. The highest BCUT2D eigenvalue weighted by molar-refractivity contribution is 6.04. The van der Waals surface area contributed by atoms with Crippen molar-refractivity contribution < 1.29 is 27.4 Å². The Kier molecular flexibility index (Phi) is 3.62. The average Bonchev–Trinajstić information content (AvgIpc) is 2.52. The fourth-order valence-electron chi connectivity index (χ4n) is 2.02. The minimum Gasteiger partial charge on any atom is -0.486 e. The Labute approximate surface area is 123 Å². The molecule has 0 unspecified atom stereocenters. The Morgan fingerprint density at radius 2 is 1.68 bits per heavy atom. The molecule has 2 aromatic carbocycles. The second-order valence-electron chi connectivity index (χ2n) is 4.54. The number of hydrogen-bond acceptors (Lipinski definition) is 3. The molecule has 1 amide bonds. The van der Waals surface area contributed by atoms with Crippen LogP contribution in [0, 0.1) is 17.5 Å². The van der Waals surface area contributed by atoms with Crippen LogP contribution in [0.15, 0.2) is 30.3 Å². The number of carbonyl (C=O) groups excluding carboxylic acids is 1. The van der Waals surface area contributed by atoms with Gasteiger partial charge in [-0.25, -0.2) is 13.2 Å². The molecule has 0 saturated carbocycles. The molecule has 4 nitrogen and oxygen atoms in total. The Balaban J connectivity index is 1.84. The van der Waals surface area contributed by atoms with E-state index in [1.54, 1.807) is 6.07 Å². The smallest absolute Gasteiger partial charge is 0.258 e. The van der Waals surface area contributed by atoms with E-state index in [9.17, 15) is 18.0 Å². The van der Waals surface area contributed by atoms with Crippen molar-refractivity contribution >= 4 is 11.6 Å². The van der Waals surface area contributed by atoms with Crippen molar-refractivity contribution in [3.05, 3.63) is 53.3 Å². The van der Waals surface area contributed by atoms with Gasteiger partial charge in [0.2, 0.25) is 0 Å². The molecule has 0 bridgehead atoms. The third-order valence-electron chi connectivity index (χ3n) is 3.08. The summed E-state index contributed by atoms with van der Waals surface area (Å²) < 4.78 is 50.3. The van der Waals surface area contributed by atoms with Crippen LogP contribution < -0.4 is 14.8 Å². The SMILES string of the molecule is O=C(Nc1ccc2c(c1)OCCO2)c1ccc(F)c(F)c1F. The molecule has 2 aromatic rings. The average molecular weight is 309 g/mol. The summed E-state index contributed by atoms with van der Waals surface area (Å²) >= 11 is 0. The maximum Gasteiger partial charge on any atom is 0.258 e. The second kappa shape index (κ2) is 5.59. The molecule has 0 radical (unpaired) electrons. The maximum absolute atomic E-state index is 13.6. The van der Waals surface area contributed by atoms with Crippen molar-refractivity contribution in [3.63, 3.8) is 0 Å². The molecule has 0 saturated heterocycles. The first kappa shape index (κ1) is 14.2. The minimum atomic E-state index is -1.69. The summed E-state index contributed by atoms with van der Waals surface area (Å²) in [6, 6.07) is 6.19. The number of halogens is 3. The summed E-state index contributed by atoms with van der Waals surface area (Å²) in [5.41, 5.74) is -0.271. The predicted octanol–water partition coefficient (Wildman–Crippen LogP) is 3.13. The number of anilines is 1. The van der Waals surface area contributed by atoms with Crippen LogP contribution in [0.2, 0.25) is 0 Å². The van der Waals surface area contributed by atoms with Crippen LogP contribution in [-0.2, 0) is 0 Å². The largest absolute Gasteiger partial charge is 0.486 e. The molecule has 1 N–H and O–H groups in total. The topological polar surface area (TPSA) is 47.6 Å². The molecule has 1 heterocycles. The van der Waals surface area contributed by atoms with Crippen LogP contribution in [0.4, 0.5) is 18.9 Å². The summed E-state index contributed by atoms with van der Waals surface area (Å²) in [4.78, 5) is 12.0. The first-order valence-corrected chi connectivity index (χ1v) is 6.41. The van der Waals surface area contributed by atoms with Crippen molar-refractivity contribution in [3.8, 4) is 11.5 Å². The molecule has 0 aromatic heterocycles. The number of amides is 1. The van der Waals surface area contributed by atoms with Crippen molar-refractivity contribution in [2.45, 2.75) is 0 Å². The maximum atomic E-state index is 13.6. The molecule has 7 heteroatoms. The predicted molar refractivity (Wildman–Crippen MR) is 71.7 cm³/mol. The Bertz CT molecular complexity index is 749. The summed E-state index contributed by atoms with van der Waals surface area (Å²) in [6.07, 6.45) is 0. The number of ether oxygens (including phenoxy) is 2. The van der Waals surface area contributed by atoms with Gasteiger partial charge in [0.05, 0.1) is 5.56 Å². The minimum absolute atomic E-state index is 0.318. The van der Waals surface area contributed by atoms with E-state index < -0.39 is 28.9 Å². The molecular formula is C15H10F3NO3. The van der Waals surface area contributed by atoms with Gasteiger partial charge < -0.3 is 14.8 Å². The van der Waals surface area contributed by atoms with Gasteiger partial charge in [-0.1, -0.05) is 0 Å². The summed E-state index contributed by atoms with van der Waals surface area (Å²) in [5, 5.41) is 2.39. The monoisotopic (exact) mass is 309 g/mol.